The molecule has 0 unspecified atom stereocenters. The molecule has 1 aromatic heterocycles. The van der Waals surface area contributed by atoms with Crippen molar-refractivity contribution >= 4 is 22.7 Å². The van der Waals surface area contributed by atoms with Crippen LogP contribution in [0.3, 0.4) is 0 Å². The van der Waals surface area contributed by atoms with Crippen LogP contribution in [0.15, 0.2) is 42.5 Å². The SMILES string of the molecule is CC(=O)c1ccc(-c2nc3ccc(C(=O)N(CC(C)C)CC(C)C)cc3n2CCCN2CCCCC2)cc1. The molecule has 6 heteroatoms. The third kappa shape index (κ3) is 6.90. The van der Waals surface area contributed by atoms with Crippen LogP contribution in [0.25, 0.3) is 22.4 Å². The molecular formula is C32H44N4O2. The molecule has 0 N–H and O–H groups in total. The Balaban J connectivity index is 1.68. The number of rotatable bonds is 11. The molecule has 0 radical (unpaired) electrons. The summed E-state index contributed by atoms with van der Waals surface area (Å²) in [6.45, 7) is 16.0. The molecule has 0 saturated carbocycles. The topological polar surface area (TPSA) is 58.4 Å². The predicted octanol–water partition coefficient (Wildman–Crippen LogP) is 6.54. The molecule has 1 fully saturated rings. The third-order valence-corrected chi connectivity index (χ3v) is 7.31. The summed E-state index contributed by atoms with van der Waals surface area (Å²) in [5.74, 6) is 1.85. The fourth-order valence-electron chi connectivity index (χ4n) is 5.50. The zero-order valence-electron chi connectivity index (χ0n) is 23.9. The highest BCUT2D eigenvalue weighted by Crippen LogP contribution is 2.27. The van der Waals surface area contributed by atoms with Crippen LogP contribution in [0.5, 0.6) is 0 Å². The van der Waals surface area contributed by atoms with Gasteiger partial charge in [0.2, 0.25) is 0 Å². The molecule has 0 bridgehead atoms. The zero-order chi connectivity index (χ0) is 27.2. The number of carbonyl (C=O) groups is 2. The molecule has 1 aliphatic heterocycles. The number of imidazole rings is 1. The molecule has 38 heavy (non-hydrogen) atoms. The van der Waals surface area contributed by atoms with E-state index in [9.17, 15) is 9.59 Å². The van der Waals surface area contributed by atoms with Crippen molar-refractivity contribution in [2.45, 2.75) is 66.8 Å². The van der Waals surface area contributed by atoms with Gasteiger partial charge >= 0.3 is 0 Å². The molecule has 6 nitrogen and oxygen atoms in total. The maximum absolute atomic E-state index is 13.6. The van der Waals surface area contributed by atoms with Crippen molar-refractivity contribution in [1.82, 2.24) is 19.4 Å². The highest BCUT2D eigenvalue weighted by atomic mass is 16.2. The van der Waals surface area contributed by atoms with E-state index in [4.69, 9.17) is 4.98 Å². The Morgan fingerprint density at radius 2 is 1.50 bits per heavy atom. The Kier molecular flexibility index (Phi) is 9.37. The molecule has 1 saturated heterocycles. The molecule has 2 heterocycles. The molecule has 204 valence electrons. The standard InChI is InChI=1S/C32H44N4O2/c1-23(2)21-35(22-24(3)4)32(38)28-14-15-29-30(20-28)36(19-9-18-34-16-7-6-8-17-34)31(33-29)27-12-10-26(11-13-27)25(5)37/h10-15,20,23-24H,6-9,16-19,21-22H2,1-5H3. The summed E-state index contributed by atoms with van der Waals surface area (Å²) in [6.07, 6.45) is 4.94. The summed E-state index contributed by atoms with van der Waals surface area (Å²) in [6, 6.07) is 13.7. The Morgan fingerprint density at radius 3 is 2.11 bits per heavy atom. The number of piperidine rings is 1. The van der Waals surface area contributed by atoms with Gasteiger partial charge < -0.3 is 14.4 Å². The van der Waals surface area contributed by atoms with Crippen molar-refractivity contribution in [2.75, 3.05) is 32.7 Å². The molecule has 0 spiro atoms. The van der Waals surface area contributed by atoms with Crippen LogP contribution in [-0.4, -0.2) is 63.8 Å². The van der Waals surface area contributed by atoms with E-state index >= 15 is 0 Å². The number of likely N-dealkylation sites (tertiary alicyclic amines) is 1. The highest BCUT2D eigenvalue weighted by molar-refractivity contribution is 5.98. The smallest absolute Gasteiger partial charge is 0.253 e. The van der Waals surface area contributed by atoms with Gasteiger partial charge in [0, 0.05) is 36.3 Å². The fraction of sp³-hybridized carbons (Fsp3) is 0.531. The number of nitrogens with zero attached hydrogens (tertiary/aromatic N) is 4. The number of aromatic nitrogens is 2. The van der Waals surface area contributed by atoms with Crippen LogP contribution in [0.1, 0.15) is 81.0 Å². The van der Waals surface area contributed by atoms with Crippen LogP contribution in [-0.2, 0) is 6.54 Å². The summed E-state index contributed by atoms with van der Waals surface area (Å²) in [7, 11) is 0. The highest BCUT2D eigenvalue weighted by Gasteiger charge is 2.21. The van der Waals surface area contributed by atoms with Crippen LogP contribution in [0.2, 0.25) is 0 Å². The molecule has 2 aromatic carbocycles. The van der Waals surface area contributed by atoms with Crippen LogP contribution < -0.4 is 0 Å². The van der Waals surface area contributed by atoms with Crippen LogP contribution >= 0.6 is 0 Å². The average molecular weight is 517 g/mol. The number of benzene rings is 2. The van der Waals surface area contributed by atoms with Crippen molar-refractivity contribution in [3.63, 3.8) is 0 Å². The maximum Gasteiger partial charge on any atom is 0.253 e. The molecule has 0 aliphatic carbocycles. The number of hydrogen-bond acceptors (Lipinski definition) is 4. The third-order valence-electron chi connectivity index (χ3n) is 7.31. The van der Waals surface area contributed by atoms with E-state index in [1.54, 1.807) is 6.92 Å². The Hall–Kier alpha value is -2.99. The van der Waals surface area contributed by atoms with Gasteiger partial charge in [-0.3, -0.25) is 9.59 Å². The zero-order valence-corrected chi connectivity index (χ0v) is 23.9. The van der Waals surface area contributed by atoms with Gasteiger partial charge in [-0.15, -0.1) is 0 Å². The van der Waals surface area contributed by atoms with Gasteiger partial charge in [-0.25, -0.2) is 4.98 Å². The quantitative estimate of drug-likeness (QED) is 0.272. The number of fused-ring (bicyclic) bond motifs is 1. The largest absolute Gasteiger partial charge is 0.338 e. The number of Topliss-reactive ketones (excluding diaryl/α,β-unsaturated/α-hetero) is 1. The van der Waals surface area contributed by atoms with Crippen molar-refractivity contribution in [2.24, 2.45) is 11.8 Å². The lowest BCUT2D eigenvalue weighted by atomic mass is 10.1. The van der Waals surface area contributed by atoms with Crippen LogP contribution in [0.4, 0.5) is 0 Å². The van der Waals surface area contributed by atoms with Crippen molar-refractivity contribution in [3.05, 3.63) is 53.6 Å². The maximum atomic E-state index is 13.6. The molecule has 1 aliphatic rings. The number of amides is 1. The second-order valence-corrected chi connectivity index (χ2v) is 11.7. The summed E-state index contributed by atoms with van der Waals surface area (Å²) >= 11 is 0. The van der Waals surface area contributed by atoms with Crippen molar-refractivity contribution in [3.8, 4) is 11.4 Å². The first-order chi connectivity index (χ1) is 18.2. The second kappa shape index (κ2) is 12.7. The first-order valence-electron chi connectivity index (χ1n) is 14.4. The van der Waals surface area contributed by atoms with Gasteiger partial charge in [0.05, 0.1) is 11.0 Å². The Labute approximate surface area is 228 Å². The summed E-state index contributed by atoms with van der Waals surface area (Å²) in [4.78, 5) is 35.0. The lowest BCUT2D eigenvalue weighted by molar-refractivity contribution is 0.0715. The first-order valence-corrected chi connectivity index (χ1v) is 14.4. The lowest BCUT2D eigenvalue weighted by Gasteiger charge is -2.27. The number of aryl methyl sites for hydroxylation is 1. The van der Waals surface area contributed by atoms with E-state index in [0.717, 1.165) is 60.6 Å². The van der Waals surface area contributed by atoms with Crippen molar-refractivity contribution < 1.29 is 9.59 Å². The van der Waals surface area contributed by atoms with E-state index in [0.29, 0.717) is 17.4 Å². The molecule has 0 atom stereocenters. The summed E-state index contributed by atoms with van der Waals surface area (Å²) in [5, 5.41) is 0. The fourth-order valence-corrected chi connectivity index (χ4v) is 5.50. The molecule has 4 rings (SSSR count). The normalized spacial score (nSPS) is 14.5. The molecule has 1 amide bonds. The minimum absolute atomic E-state index is 0.0575. The summed E-state index contributed by atoms with van der Waals surface area (Å²) < 4.78 is 2.27. The second-order valence-electron chi connectivity index (χ2n) is 11.7. The Morgan fingerprint density at radius 1 is 0.868 bits per heavy atom. The lowest BCUT2D eigenvalue weighted by Crippen LogP contribution is -2.37. The van der Waals surface area contributed by atoms with E-state index in [1.165, 1.54) is 32.4 Å². The first kappa shape index (κ1) is 28.0. The van der Waals surface area contributed by atoms with E-state index in [2.05, 4.69) is 37.2 Å². The van der Waals surface area contributed by atoms with E-state index < -0.39 is 0 Å². The van der Waals surface area contributed by atoms with Gasteiger partial charge in [0.25, 0.3) is 5.91 Å². The summed E-state index contributed by atoms with van der Waals surface area (Å²) in [5.41, 5.74) is 4.29. The monoisotopic (exact) mass is 516 g/mol. The molecule has 3 aromatic rings. The number of ketones is 1. The van der Waals surface area contributed by atoms with E-state index in [-0.39, 0.29) is 11.7 Å². The number of hydrogen-bond donors (Lipinski definition) is 0. The van der Waals surface area contributed by atoms with Crippen LogP contribution in [0, 0.1) is 11.8 Å². The minimum Gasteiger partial charge on any atom is -0.338 e. The van der Waals surface area contributed by atoms with Gasteiger partial charge in [-0.2, -0.15) is 0 Å². The van der Waals surface area contributed by atoms with Gasteiger partial charge in [-0.1, -0.05) is 58.4 Å². The van der Waals surface area contributed by atoms with Gasteiger partial charge in [0.15, 0.2) is 5.78 Å². The van der Waals surface area contributed by atoms with E-state index in [1.807, 2.05) is 47.4 Å². The molecular weight excluding hydrogens is 472 g/mol. The number of carbonyl (C=O) groups excluding carboxylic acids is 2. The predicted molar refractivity (Wildman–Crippen MR) is 156 cm³/mol. The Bertz CT molecular complexity index is 1230. The van der Waals surface area contributed by atoms with Gasteiger partial charge in [0.1, 0.15) is 5.82 Å². The van der Waals surface area contributed by atoms with Gasteiger partial charge in [-0.05, 0) is 75.9 Å². The average Bonchev–Trinajstić information content (AvgIpc) is 3.25. The minimum atomic E-state index is 0.0575. The van der Waals surface area contributed by atoms with Crippen molar-refractivity contribution in [1.29, 1.82) is 0 Å².